The highest BCUT2D eigenvalue weighted by Gasteiger charge is 2.23. The van der Waals surface area contributed by atoms with E-state index in [-0.39, 0.29) is 29.9 Å². The highest BCUT2D eigenvalue weighted by molar-refractivity contribution is 9.10. The van der Waals surface area contributed by atoms with Crippen LogP contribution in [-0.2, 0) is 17.3 Å². The summed E-state index contributed by atoms with van der Waals surface area (Å²) in [6.45, 7) is 9.86. The van der Waals surface area contributed by atoms with E-state index in [0.29, 0.717) is 11.5 Å². The van der Waals surface area contributed by atoms with Gasteiger partial charge in [-0.15, -0.1) is 0 Å². The fourth-order valence-electron chi connectivity index (χ4n) is 2.53. The van der Waals surface area contributed by atoms with E-state index in [9.17, 15) is 9.59 Å². The molecule has 0 aliphatic carbocycles. The molecule has 28 heavy (non-hydrogen) atoms. The monoisotopic (exact) mass is 449 g/mol. The Morgan fingerprint density at radius 1 is 1.21 bits per heavy atom. The lowest BCUT2D eigenvalue weighted by atomic mass is 9.92. The van der Waals surface area contributed by atoms with Crippen molar-refractivity contribution in [2.45, 2.75) is 46.1 Å². The van der Waals surface area contributed by atoms with E-state index in [1.54, 1.807) is 17.8 Å². The van der Waals surface area contributed by atoms with Gasteiger partial charge in [-0.2, -0.15) is 5.10 Å². The smallest absolute Gasteiger partial charge is 0.313 e. The zero-order chi connectivity index (χ0) is 21.1. The summed E-state index contributed by atoms with van der Waals surface area (Å²) in [6, 6.07) is 8.72. The molecule has 0 saturated carbocycles. The number of amides is 3. The molecular formula is C20H28BrN5O2. The van der Waals surface area contributed by atoms with Gasteiger partial charge in [-0.1, -0.05) is 32.9 Å². The van der Waals surface area contributed by atoms with Crippen molar-refractivity contribution >= 4 is 39.4 Å². The van der Waals surface area contributed by atoms with Crippen LogP contribution >= 0.6 is 15.9 Å². The first kappa shape index (κ1) is 21.9. The number of para-hydroxylation sites is 1. The molecular weight excluding hydrogens is 422 g/mol. The van der Waals surface area contributed by atoms with Crippen LogP contribution in [0.3, 0.4) is 0 Å². The molecule has 8 heteroatoms. The SMILES string of the molecule is CC(C)N(CC(=O)Nc1cc(C(C)(C)C)nn1C)C(=O)Nc1ccccc1Br. The fourth-order valence-corrected chi connectivity index (χ4v) is 2.91. The summed E-state index contributed by atoms with van der Waals surface area (Å²) in [5, 5.41) is 10.1. The van der Waals surface area contributed by atoms with Crippen LogP contribution in [0.1, 0.15) is 40.3 Å². The zero-order valence-electron chi connectivity index (χ0n) is 17.2. The van der Waals surface area contributed by atoms with E-state index < -0.39 is 0 Å². The van der Waals surface area contributed by atoms with Gasteiger partial charge in [-0.25, -0.2) is 4.79 Å². The van der Waals surface area contributed by atoms with Gasteiger partial charge in [0.1, 0.15) is 12.4 Å². The van der Waals surface area contributed by atoms with Gasteiger partial charge < -0.3 is 15.5 Å². The van der Waals surface area contributed by atoms with Crippen LogP contribution in [0.25, 0.3) is 0 Å². The molecule has 0 unspecified atom stereocenters. The Morgan fingerprint density at radius 2 is 1.86 bits per heavy atom. The first-order chi connectivity index (χ1) is 13.0. The maximum atomic E-state index is 12.7. The second-order valence-corrected chi connectivity index (χ2v) is 8.82. The fraction of sp³-hybridized carbons (Fsp3) is 0.450. The van der Waals surface area contributed by atoms with Crippen LogP contribution in [-0.4, -0.2) is 39.2 Å². The van der Waals surface area contributed by atoms with E-state index in [0.717, 1.165) is 10.2 Å². The maximum absolute atomic E-state index is 12.7. The number of anilines is 2. The normalized spacial score (nSPS) is 11.4. The lowest BCUT2D eigenvalue weighted by Gasteiger charge is -2.26. The van der Waals surface area contributed by atoms with Gasteiger partial charge in [-0.3, -0.25) is 9.48 Å². The lowest BCUT2D eigenvalue weighted by Crippen LogP contribution is -2.44. The van der Waals surface area contributed by atoms with Crippen molar-refractivity contribution in [2.75, 3.05) is 17.2 Å². The second-order valence-electron chi connectivity index (χ2n) is 7.97. The molecule has 0 saturated heterocycles. The number of hydrogen-bond acceptors (Lipinski definition) is 3. The molecule has 0 aliphatic rings. The van der Waals surface area contributed by atoms with Gasteiger partial charge in [0.2, 0.25) is 5.91 Å². The second kappa shape index (κ2) is 8.77. The summed E-state index contributed by atoms with van der Waals surface area (Å²) in [6.07, 6.45) is 0. The summed E-state index contributed by atoms with van der Waals surface area (Å²) in [5.41, 5.74) is 1.42. The third-order valence-corrected chi connectivity index (χ3v) is 4.92. The third kappa shape index (κ3) is 5.58. The molecule has 1 heterocycles. The molecule has 0 atom stereocenters. The van der Waals surface area contributed by atoms with Crippen molar-refractivity contribution in [3.05, 3.63) is 40.5 Å². The average Bonchev–Trinajstić information content (AvgIpc) is 2.95. The Kier molecular flexibility index (Phi) is 6.87. The minimum absolute atomic E-state index is 0.0655. The molecule has 0 spiro atoms. The van der Waals surface area contributed by atoms with Crippen LogP contribution in [0.15, 0.2) is 34.8 Å². The van der Waals surface area contributed by atoms with Crippen molar-refractivity contribution in [3.63, 3.8) is 0 Å². The molecule has 2 N–H and O–H groups in total. The predicted molar refractivity (Wildman–Crippen MR) is 116 cm³/mol. The topological polar surface area (TPSA) is 79.3 Å². The van der Waals surface area contributed by atoms with E-state index >= 15 is 0 Å². The summed E-state index contributed by atoms with van der Waals surface area (Å²) >= 11 is 3.41. The van der Waals surface area contributed by atoms with Crippen molar-refractivity contribution in [1.82, 2.24) is 14.7 Å². The van der Waals surface area contributed by atoms with E-state index in [1.807, 2.05) is 38.1 Å². The van der Waals surface area contributed by atoms with Crippen LogP contribution < -0.4 is 10.6 Å². The molecule has 3 amide bonds. The van der Waals surface area contributed by atoms with Crippen LogP contribution in [0.2, 0.25) is 0 Å². The number of aryl methyl sites for hydroxylation is 1. The Balaban J connectivity index is 2.08. The molecule has 1 aromatic heterocycles. The average molecular weight is 450 g/mol. The summed E-state index contributed by atoms with van der Waals surface area (Å²) in [7, 11) is 1.78. The Morgan fingerprint density at radius 3 is 2.39 bits per heavy atom. The molecule has 0 fully saturated rings. The van der Waals surface area contributed by atoms with Gasteiger partial charge >= 0.3 is 6.03 Å². The Bertz CT molecular complexity index is 855. The van der Waals surface area contributed by atoms with Crippen molar-refractivity contribution < 1.29 is 9.59 Å². The summed E-state index contributed by atoms with van der Waals surface area (Å²) in [5.74, 6) is 0.323. The molecule has 1 aromatic carbocycles. The van der Waals surface area contributed by atoms with Gasteiger partial charge in [0.15, 0.2) is 0 Å². The number of hydrogen-bond donors (Lipinski definition) is 2. The molecule has 2 aromatic rings. The van der Waals surface area contributed by atoms with Gasteiger partial charge in [0, 0.05) is 29.0 Å². The van der Waals surface area contributed by atoms with Crippen molar-refractivity contribution in [2.24, 2.45) is 7.05 Å². The van der Waals surface area contributed by atoms with E-state index in [2.05, 4.69) is 52.4 Å². The molecule has 0 aliphatic heterocycles. The molecule has 2 rings (SSSR count). The summed E-state index contributed by atoms with van der Waals surface area (Å²) in [4.78, 5) is 26.8. The number of carbonyl (C=O) groups is 2. The molecule has 0 bridgehead atoms. The number of nitrogens with one attached hydrogen (secondary N) is 2. The number of halogens is 1. The predicted octanol–water partition coefficient (Wildman–Crippen LogP) is 4.36. The quantitative estimate of drug-likeness (QED) is 0.711. The lowest BCUT2D eigenvalue weighted by molar-refractivity contribution is -0.117. The standard InChI is InChI=1S/C20H28BrN5O2/c1-13(2)26(19(28)22-15-10-8-7-9-14(15)21)12-18(27)23-17-11-16(20(3,4)5)24-25(17)6/h7-11,13H,12H2,1-6H3,(H,22,28)(H,23,27). The first-order valence-corrected chi connectivity index (χ1v) is 9.95. The highest BCUT2D eigenvalue weighted by Crippen LogP contribution is 2.24. The van der Waals surface area contributed by atoms with Gasteiger partial charge in [-0.05, 0) is 41.9 Å². The number of carbonyl (C=O) groups excluding carboxylic acids is 2. The molecule has 7 nitrogen and oxygen atoms in total. The Hall–Kier alpha value is -2.35. The minimum atomic E-state index is -0.336. The third-order valence-electron chi connectivity index (χ3n) is 4.23. The number of urea groups is 1. The van der Waals surface area contributed by atoms with E-state index in [4.69, 9.17) is 0 Å². The van der Waals surface area contributed by atoms with Crippen LogP contribution in [0, 0.1) is 0 Å². The first-order valence-electron chi connectivity index (χ1n) is 9.15. The van der Waals surface area contributed by atoms with Crippen LogP contribution in [0.4, 0.5) is 16.3 Å². The Labute approximate surface area is 174 Å². The molecule has 152 valence electrons. The van der Waals surface area contributed by atoms with E-state index in [1.165, 1.54) is 4.90 Å². The van der Waals surface area contributed by atoms with Gasteiger partial charge in [0.25, 0.3) is 0 Å². The number of rotatable bonds is 5. The highest BCUT2D eigenvalue weighted by atomic mass is 79.9. The largest absolute Gasteiger partial charge is 0.322 e. The number of nitrogens with zero attached hydrogens (tertiary/aromatic N) is 3. The molecule has 0 radical (unpaired) electrons. The van der Waals surface area contributed by atoms with Gasteiger partial charge in [0.05, 0.1) is 11.4 Å². The van der Waals surface area contributed by atoms with Crippen molar-refractivity contribution in [1.29, 1.82) is 0 Å². The number of aromatic nitrogens is 2. The zero-order valence-corrected chi connectivity index (χ0v) is 18.8. The minimum Gasteiger partial charge on any atom is -0.313 e. The van der Waals surface area contributed by atoms with Crippen LogP contribution in [0.5, 0.6) is 0 Å². The van der Waals surface area contributed by atoms with Crippen molar-refractivity contribution in [3.8, 4) is 0 Å². The number of benzene rings is 1. The maximum Gasteiger partial charge on any atom is 0.322 e. The summed E-state index contributed by atoms with van der Waals surface area (Å²) < 4.78 is 2.42.